The number of pyridine rings is 1. The fraction of sp³-hybridized carbons (Fsp3) is 0.533. The van der Waals surface area contributed by atoms with Crippen LogP contribution in [0.1, 0.15) is 32.1 Å². The van der Waals surface area contributed by atoms with Crippen LogP contribution in [-0.4, -0.2) is 27.8 Å². The summed E-state index contributed by atoms with van der Waals surface area (Å²) in [5.41, 5.74) is 0.927. The van der Waals surface area contributed by atoms with Crippen LogP contribution >= 0.6 is 11.3 Å². The second-order valence-corrected chi connectivity index (χ2v) is 6.65. The van der Waals surface area contributed by atoms with Gasteiger partial charge in [-0.15, -0.1) is 10.2 Å². The average Bonchev–Trinajstić information content (AvgIpc) is 3.14. The SMILES string of the molecule is c1ccc(-c2nnc(N3CCC4CCCCC43)s2)nc1. The van der Waals surface area contributed by atoms with Crippen molar-refractivity contribution < 1.29 is 0 Å². The van der Waals surface area contributed by atoms with Crippen molar-refractivity contribution in [3.05, 3.63) is 24.4 Å². The summed E-state index contributed by atoms with van der Waals surface area (Å²) in [6, 6.07) is 6.63. The highest BCUT2D eigenvalue weighted by Crippen LogP contribution is 2.40. The molecular formula is C15H18N4S. The fourth-order valence-electron chi connectivity index (χ4n) is 3.57. The summed E-state index contributed by atoms with van der Waals surface area (Å²) in [4.78, 5) is 6.85. The van der Waals surface area contributed by atoms with E-state index in [0.29, 0.717) is 6.04 Å². The van der Waals surface area contributed by atoms with Gasteiger partial charge in [-0.05, 0) is 37.3 Å². The van der Waals surface area contributed by atoms with Gasteiger partial charge in [0.15, 0.2) is 5.01 Å². The molecule has 5 heteroatoms. The molecule has 2 aromatic rings. The summed E-state index contributed by atoms with van der Waals surface area (Å²) in [7, 11) is 0. The van der Waals surface area contributed by atoms with E-state index >= 15 is 0 Å². The van der Waals surface area contributed by atoms with Crippen LogP contribution in [0.25, 0.3) is 10.7 Å². The maximum absolute atomic E-state index is 4.42. The standard InChI is InChI=1S/C15H18N4S/c1-2-7-13-11(5-1)8-10-19(13)15-18-17-14(20-15)12-6-3-4-9-16-12/h3-4,6,9,11,13H,1-2,5,7-8,10H2. The molecule has 0 spiro atoms. The minimum atomic E-state index is 0.702. The Balaban J connectivity index is 1.59. The Hall–Kier alpha value is -1.49. The molecule has 2 unspecified atom stereocenters. The molecule has 1 saturated carbocycles. The van der Waals surface area contributed by atoms with Crippen molar-refractivity contribution in [2.24, 2.45) is 5.92 Å². The molecular weight excluding hydrogens is 268 g/mol. The molecule has 0 radical (unpaired) electrons. The third-order valence-electron chi connectivity index (χ3n) is 4.55. The van der Waals surface area contributed by atoms with Gasteiger partial charge in [-0.25, -0.2) is 0 Å². The largest absolute Gasteiger partial charge is 0.343 e. The Morgan fingerprint density at radius 3 is 2.95 bits per heavy atom. The monoisotopic (exact) mass is 286 g/mol. The Morgan fingerprint density at radius 2 is 2.05 bits per heavy atom. The van der Waals surface area contributed by atoms with E-state index in [2.05, 4.69) is 20.1 Å². The lowest BCUT2D eigenvalue weighted by Gasteiger charge is -2.31. The van der Waals surface area contributed by atoms with Crippen molar-refractivity contribution >= 4 is 16.5 Å². The minimum absolute atomic E-state index is 0.702. The van der Waals surface area contributed by atoms with Gasteiger partial charge < -0.3 is 4.90 Å². The summed E-state index contributed by atoms with van der Waals surface area (Å²) < 4.78 is 0. The summed E-state index contributed by atoms with van der Waals surface area (Å²) in [5.74, 6) is 0.881. The normalized spacial score (nSPS) is 25.7. The topological polar surface area (TPSA) is 41.9 Å². The highest BCUT2D eigenvalue weighted by atomic mass is 32.1. The van der Waals surface area contributed by atoms with E-state index in [1.165, 1.54) is 32.1 Å². The fourth-order valence-corrected chi connectivity index (χ4v) is 4.47. The lowest BCUT2D eigenvalue weighted by molar-refractivity contribution is 0.342. The quantitative estimate of drug-likeness (QED) is 0.849. The zero-order valence-corrected chi connectivity index (χ0v) is 12.2. The highest BCUT2D eigenvalue weighted by Gasteiger charge is 2.37. The maximum atomic E-state index is 4.42. The Bertz CT molecular complexity index is 583. The second kappa shape index (κ2) is 5.13. The van der Waals surface area contributed by atoms with Crippen molar-refractivity contribution in [2.45, 2.75) is 38.1 Å². The molecule has 1 aliphatic carbocycles. The third kappa shape index (κ3) is 2.10. The molecule has 1 saturated heterocycles. The predicted octanol–water partition coefficient (Wildman–Crippen LogP) is 3.37. The molecule has 4 nitrogen and oxygen atoms in total. The molecule has 3 heterocycles. The Morgan fingerprint density at radius 1 is 1.10 bits per heavy atom. The van der Waals surface area contributed by atoms with Crippen LogP contribution in [0.5, 0.6) is 0 Å². The van der Waals surface area contributed by atoms with Crippen molar-refractivity contribution in [1.82, 2.24) is 15.2 Å². The van der Waals surface area contributed by atoms with E-state index in [4.69, 9.17) is 0 Å². The molecule has 4 rings (SSSR count). The molecule has 2 aromatic heterocycles. The summed E-state index contributed by atoms with van der Waals surface area (Å²) >= 11 is 1.68. The number of fused-ring (bicyclic) bond motifs is 1. The molecule has 104 valence electrons. The molecule has 1 aliphatic heterocycles. The molecule has 2 atom stereocenters. The zero-order valence-electron chi connectivity index (χ0n) is 11.4. The van der Waals surface area contributed by atoms with Gasteiger partial charge in [0.1, 0.15) is 5.69 Å². The van der Waals surface area contributed by atoms with Crippen LogP contribution in [0.15, 0.2) is 24.4 Å². The number of hydrogen-bond donors (Lipinski definition) is 0. The summed E-state index contributed by atoms with van der Waals surface area (Å²) in [5, 5.41) is 10.8. The molecule has 0 N–H and O–H groups in total. The van der Waals surface area contributed by atoms with Gasteiger partial charge in [-0.3, -0.25) is 4.98 Å². The first kappa shape index (κ1) is 12.3. The maximum Gasteiger partial charge on any atom is 0.208 e. The minimum Gasteiger partial charge on any atom is -0.343 e. The molecule has 0 bridgehead atoms. The van der Waals surface area contributed by atoms with E-state index in [0.717, 1.165) is 28.3 Å². The van der Waals surface area contributed by atoms with Gasteiger partial charge in [0, 0.05) is 18.8 Å². The third-order valence-corrected chi connectivity index (χ3v) is 5.54. The first-order valence-electron chi connectivity index (χ1n) is 7.43. The van der Waals surface area contributed by atoms with E-state index in [1.807, 2.05) is 24.4 Å². The number of anilines is 1. The molecule has 2 fully saturated rings. The van der Waals surface area contributed by atoms with E-state index in [9.17, 15) is 0 Å². The van der Waals surface area contributed by atoms with E-state index in [-0.39, 0.29) is 0 Å². The molecule has 0 amide bonds. The number of aromatic nitrogens is 3. The van der Waals surface area contributed by atoms with Crippen molar-refractivity contribution in [2.75, 3.05) is 11.4 Å². The molecule has 2 aliphatic rings. The van der Waals surface area contributed by atoms with Crippen LogP contribution in [0.2, 0.25) is 0 Å². The first-order chi connectivity index (χ1) is 9.92. The number of nitrogens with zero attached hydrogens (tertiary/aromatic N) is 4. The number of hydrogen-bond acceptors (Lipinski definition) is 5. The van der Waals surface area contributed by atoms with Gasteiger partial charge in [0.2, 0.25) is 5.13 Å². The van der Waals surface area contributed by atoms with Gasteiger partial charge >= 0.3 is 0 Å². The van der Waals surface area contributed by atoms with Crippen molar-refractivity contribution in [1.29, 1.82) is 0 Å². The van der Waals surface area contributed by atoms with Crippen molar-refractivity contribution in [3.63, 3.8) is 0 Å². The average molecular weight is 286 g/mol. The van der Waals surface area contributed by atoms with Gasteiger partial charge in [0.25, 0.3) is 0 Å². The van der Waals surface area contributed by atoms with E-state index in [1.54, 1.807) is 11.3 Å². The van der Waals surface area contributed by atoms with Crippen LogP contribution in [-0.2, 0) is 0 Å². The van der Waals surface area contributed by atoms with Crippen LogP contribution in [0.3, 0.4) is 0 Å². The number of rotatable bonds is 2. The van der Waals surface area contributed by atoms with E-state index < -0.39 is 0 Å². The Labute approximate surface area is 122 Å². The molecule has 0 aromatic carbocycles. The van der Waals surface area contributed by atoms with Crippen LogP contribution in [0, 0.1) is 5.92 Å². The first-order valence-corrected chi connectivity index (χ1v) is 8.25. The zero-order chi connectivity index (χ0) is 13.4. The van der Waals surface area contributed by atoms with Gasteiger partial charge in [0.05, 0.1) is 0 Å². The second-order valence-electron chi connectivity index (χ2n) is 5.70. The van der Waals surface area contributed by atoms with Crippen LogP contribution < -0.4 is 4.90 Å². The Kier molecular flexibility index (Phi) is 3.14. The van der Waals surface area contributed by atoms with Gasteiger partial charge in [-0.1, -0.05) is 30.2 Å². The predicted molar refractivity (Wildman–Crippen MR) is 80.8 cm³/mol. The molecule has 20 heavy (non-hydrogen) atoms. The van der Waals surface area contributed by atoms with Gasteiger partial charge in [-0.2, -0.15) is 0 Å². The van der Waals surface area contributed by atoms with Crippen molar-refractivity contribution in [3.8, 4) is 10.7 Å². The lowest BCUT2D eigenvalue weighted by Crippen LogP contribution is -2.34. The lowest BCUT2D eigenvalue weighted by atomic mass is 9.85. The highest BCUT2D eigenvalue weighted by molar-refractivity contribution is 7.18. The smallest absolute Gasteiger partial charge is 0.208 e. The summed E-state index contributed by atoms with van der Waals surface area (Å²) in [6.07, 6.45) is 8.62. The van der Waals surface area contributed by atoms with Crippen LogP contribution in [0.4, 0.5) is 5.13 Å². The summed E-state index contributed by atoms with van der Waals surface area (Å²) in [6.45, 7) is 1.15.